The number of hydrogen-bond acceptors (Lipinski definition) is 7. The van der Waals surface area contributed by atoms with Gasteiger partial charge in [-0.05, 0) is 0 Å². The van der Waals surface area contributed by atoms with Gasteiger partial charge in [-0.15, -0.1) is 0 Å². The predicted octanol–water partition coefficient (Wildman–Crippen LogP) is -3.39. The van der Waals surface area contributed by atoms with Crippen LogP contribution in [0.4, 0.5) is 0 Å². The third-order valence-corrected chi connectivity index (χ3v) is 1.07. The summed E-state index contributed by atoms with van der Waals surface area (Å²) in [5.74, 6) is 0. The number of rotatable bonds is 4. The molecule has 0 aromatic carbocycles. The van der Waals surface area contributed by atoms with Gasteiger partial charge >= 0.3 is 10.4 Å². The van der Waals surface area contributed by atoms with E-state index < -0.39 is 35.3 Å². The highest BCUT2D eigenvalue weighted by Crippen LogP contribution is 1.96. The largest absolute Gasteiger partial charge is 0.394 e. The molecule has 15 heavy (non-hydrogen) atoms. The Bertz CT molecular complexity index is 252. The molecule has 0 fully saturated rings. The molecule has 0 aliphatic heterocycles. The monoisotopic (exact) mass is 248 g/mol. The number of aldehydes is 1. The third kappa shape index (κ3) is 13.4. The molecule has 0 rings (SSSR count). The molecule has 0 radical (unpaired) electrons. The molecule has 10 heteroatoms. The average molecular weight is 248 g/mol. The van der Waals surface area contributed by atoms with Crippen molar-refractivity contribution < 1.29 is 42.7 Å². The summed E-state index contributed by atoms with van der Waals surface area (Å²) in [5.41, 5.74) is 0. The van der Waals surface area contributed by atoms with Gasteiger partial charge < -0.3 is 25.2 Å². The second-order valence-electron chi connectivity index (χ2n) is 2.32. The summed E-state index contributed by atoms with van der Waals surface area (Å²) in [7, 11) is -4.67. The van der Waals surface area contributed by atoms with Gasteiger partial charge in [0.2, 0.25) is 0 Å². The highest BCUT2D eigenvalue weighted by atomic mass is 32.3. The maximum absolute atomic E-state index is 9.76. The molecule has 0 heterocycles. The highest BCUT2D eigenvalue weighted by Gasteiger charge is 2.22. The van der Waals surface area contributed by atoms with E-state index in [-0.39, 0.29) is 6.29 Å². The van der Waals surface area contributed by atoms with E-state index in [4.69, 9.17) is 37.9 Å². The SMILES string of the molecule is O=C[C@H](O)[C@@H](O)[C@H](O)CO.O=S(=O)(O)O. The molecule has 9 nitrogen and oxygen atoms in total. The van der Waals surface area contributed by atoms with Crippen molar-refractivity contribution in [3.63, 3.8) is 0 Å². The van der Waals surface area contributed by atoms with Crippen molar-refractivity contribution in [3.8, 4) is 0 Å². The topological polar surface area (TPSA) is 173 Å². The fourth-order valence-corrected chi connectivity index (χ4v) is 0.416. The first-order valence-corrected chi connectivity index (χ1v) is 4.83. The van der Waals surface area contributed by atoms with E-state index >= 15 is 0 Å². The zero-order valence-electron chi connectivity index (χ0n) is 7.33. The van der Waals surface area contributed by atoms with E-state index in [0.717, 1.165) is 0 Å². The van der Waals surface area contributed by atoms with Crippen LogP contribution in [0.3, 0.4) is 0 Å². The van der Waals surface area contributed by atoms with Crippen LogP contribution in [-0.4, -0.2) is 69.2 Å². The molecule has 0 aromatic heterocycles. The summed E-state index contributed by atoms with van der Waals surface area (Å²) >= 11 is 0. The Morgan fingerprint density at radius 1 is 1.13 bits per heavy atom. The summed E-state index contributed by atoms with van der Waals surface area (Å²) in [6.45, 7) is -0.688. The molecule has 0 aliphatic rings. The summed E-state index contributed by atoms with van der Waals surface area (Å²) < 4.78 is 31.6. The zero-order valence-corrected chi connectivity index (χ0v) is 8.15. The summed E-state index contributed by atoms with van der Waals surface area (Å²) in [6.07, 6.45) is -4.63. The van der Waals surface area contributed by atoms with Gasteiger partial charge in [0.1, 0.15) is 18.3 Å². The Kier molecular flexibility index (Phi) is 8.56. The van der Waals surface area contributed by atoms with Gasteiger partial charge in [0.15, 0.2) is 6.29 Å². The minimum atomic E-state index is -4.67. The van der Waals surface area contributed by atoms with E-state index in [1.807, 2.05) is 0 Å². The lowest BCUT2D eigenvalue weighted by Gasteiger charge is -2.16. The first-order chi connectivity index (χ1) is 6.63. The Labute approximate surface area is 85.2 Å². The van der Waals surface area contributed by atoms with E-state index in [9.17, 15) is 4.79 Å². The van der Waals surface area contributed by atoms with Crippen molar-refractivity contribution >= 4 is 16.7 Å². The molecule has 0 spiro atoms. The predicted molar refractivity (Wildman–Crippen MR) is 45.3 cm³/mol. The minimum absolute atomic E-state index is 0.0869. The molecule has 0 aromatic rings. The number of aliphatic hydroxyl groups is 4. The van der Waals surface area contributed by atoms with Crippen molar-refractivity contribution in [3.05, 3.63) is 0 Å². The molecule has 0 bridgehead atoms. The summed E-state index contributed by atoms with van der Waals surface area (Å²) in [6, 6.07) is 0. The molecule has 0 aliphatic carbocycles. The van der Waals surface area contributed by atoms with Crippen molar-refractivity contribution in [1.29, 1.82) is 0 Å². The van der Waals surface area contributed by atoms with Gasteiger partial charge in [0.25, 0.3) is 0 Å². The second kappa shape index (κ2) is 7.64. The molecule has 0 unspecified atom stereocenters. The van der Waals surface area contributed by atoms with Crippen LogP contribution in [-0.2, 0) is 15.2 Å². The normalized spacial score (nSPS) is 16.9. The Balaban J connectivity index is 0. The molecular weight excluding hydrogens is 236 g/mol. The van der Waals surface area contributed by atoms with Crippen LogP contribution < -0.4 is 0 Å². The quantitative estimate of drug-likeness (QED) is 0.219. The van der Waals surface area contributed by atoms with E-state index in [0.29, 0.717) is 0 Å². The van der Waals surface area contributed by atoms with Crippen molar-refractivity contribution in [1.82, 2.24) is 0 Å². The number of hydrogen-bond donors (Lipinski definition) is 6. The van der Waals surface area contributed by atoms with Gasteiger partial charge in [0, 0.05) is 0 Å². The number of aliphatic hydroxyl groups excluding tert-OH is 4. The van der Waals surface area contributed by atoms with Crippen LogP contribution in [0.1, 0.15) is 0 Å². The second-order valence-corrected chi connectivity index (χ2v) is 3.21. The molecule has 0 saturated carbocycles. The Morgan fingerprint density at radius 2 is 1.47 bits per heavy atom. The average Bonchev–Trinajstić information content (AvgIpc) is 2.11. The van der Waals surface area contributed by atoms with Crippen LogP contribution in [0.5, 0.6) is 0 Å². The van der Waals surface area contributed by atoms with Gasteiger partial charge in [-0.1, -0.05) is 0 Å². The smallest absolute Gasteiger partial charge is 0.394 e. The minimum Gasteiger partial charge on any atom is -0.394 e. The zero-order chi connectivity index (χ0) is 12.6. The molecule has 0 saturated heterocycles. The van der Waals surface area contributed by atoms with Crippen LogP contribution in [0.15, 0.2) is 0 Å². The number of carbonyl (C=O) groups excluding carboxylic acids is 1. The maximum Gasteiger partial charge on any atom is 0.394 e. The summed E-state index contributed by atoms with van der Waals surface area (Å²) in [4.78, 5) is 9.76. The Hall–Kier alpha value is -0.620. The Morgan fingerprint density at radius 3 is 1.67 bits per heavy atom. The first-order valence-electron chi connectivity index (χ1n) is 3.43. The third-order valence-electron chi connectivity index (χ3n) is 1.07. The fourth-order valence-electron chi connectivity index (χ4n) is 0.416. The van der Waals surface area contributed by atoms with Gasteiger partial charge in [-0.25, -0.2) is 0 Å². The van der Waals surface area contributed by atoms with Crippen molar-refractivity contribution in [2.45, 2.75) is 18.3 Å². The van der Waals surface area contributed by atoms with Crippen LogP contribution in [0.25, 0.3) is 0 Å². The lowest BCUT2D eigenvalue weighted by Crippen LogP contribution is -2.40. The van der Waals surface area contributed by atoms with Gasteiger partial charge in [-0.3, -0.25) is 9.11 Å². The van der Waals surface area contributed by atoms with Crippen LogP contribution in [0, 0.1) is 0 Å². The number of carbonyl (C=O) groups is 1. The van der Waals surface area contributed by atoms with E-state index in [1.165, 1.54) is 0 Å². The van der Waals surface area contributed by atoms with Gasteiger partial charge in [-0.2, -0.15) is 8.42 Å². The molecule has 92 valence electrons. The molecular formula is C5H12O9S. The molecule has 0 amide bonds. The molecule has 6 N–H and O–H groups in total. The lowest BCUT2D eigenvalue weighted by molar-refractivity contribution is -0.127. The first kappa shape index (κ1) is 16.8. The van der Waals surface area contributed by atoms with Crippen LogP contribution >= 0.6 is 0 Å². The summed E-state index contributed by atoms with van der Waals surface area (Å²) in [5, 5.41) is 34.1. The van der Waals surface area contributed by atoms with Crippen molar-refractivity contribution in [2.24, 2.45) is 0 Å². The highest BCUT2D eigenvalue weighted by molar-refractivity contribution is 7.79. The maximum atomic E-state index is 9.76. The van der Waals surface area contributed by atoms with Crippen LogP contribution in [0.2, 0.25) is 0 Å². The van der Waals surface area contributed by atoms with Gasteiger partial charge in [0.05, 0.1) is 6.61 Å². The fraction of sp³-hybridized carbons (Fsp3) is 0.800. The standard InChI is InChI=1S/C5H10O5.H2O4S/c6-1-3(8)5(10)4(9)2-7;1-5(2,3)4/h1,3-5,7-10H,2H2;(H2,1,2,3,4)/t3-,4+,5+;/m0./s1. The van der Waals surface area contributed by atoms with E-state index in [1.54, 1.807) is 0 Å². The van der Waals surface area contributed by atoms with Crippen molar-refractivity contribution in [2.75, 3.05) is 6.61 Å². The molecule has 3 atom stereocenters. The lowest BCUT2D eigenvalue weighted by atomic mass is 10.1. The van der Waals surface area contributed by atoms with E-state index in [2.05, 4.69) is 0 Å².